The quantitative estimate of drug-likeness (QED) is 0.428. The van der Waals surface area contributed by atoms with Crippen molar-refractivity contribution in [1.29, 1.82) is 0 Å². The number of oxazole rings is 1. The highest BCUT2D eigenvalue weighted by Crippen LogP contribution is 2.22. The van der Waals surface area contributed by atoms with Crippen molar-refractivity contribution in [3.05, 3.63) is 93.4 Å². The van der Waals surface area contributed by atoms with Crippen LogP contribution in [0.15, 0.2) is 77.2 Å². The maximum Gasteiger partial charge on any atom is 0.255 e. The largest absolute Gasteiger partial charge is 0.440 e. The molecule has 0 aliphatic carbocycles. The van der Waals surface area contributed by atoms with Gasteiger partial charge in [-0.2, -0.15) is 0 Å². The Balaban J connectivity index is 1.55. The van der Waals surface area contributed by atoms with Gasteiger partial charge >= 0.3 is 0 Å². The summed E-state index contributed by atoms with van der Waals surface area (Å²) in [7, 11) is 0. The standard InChI is InChI=1S/C21H15IN2O2/c22-16-8-4-7-15(12-16)21(25)23-17-9-10-19-18(13-17)24-20(26-19)11-14-5-2-1-3-6-14/h1-10,12-13H,11H2,(H,23,25). The molecule has 0 unspecified atom stereocenters. The van der Waals surface area contributed by atoms with Crippen molar-refractivity contribution in [2.45, 2.75) is 6.42 Å². The molecule has 1 N–H and O–H groups in total. The summed E-state index contributed by atoms with van der Waals surface area (Å²) in [5, 5.41) is 2.91. The summed E-state index contributed by atoms with van der Waals surface area (Å²) >= 11 is 2.19. The number of amides is 1. The molecular weight excluding hydrogens is 439 g/mol. The van der Waals surface area contributed by atoms with Gasteiger partial charge in [0.15, 0.2) is 11.5 Å². The van der Waals surface area contributed by atoms with Crippen molar-refractivity contribution in [1.82, 2.24) is 4.98 Å². The first-order valence-electron chi connectivity index (χ1n) is 8.18. The molecule has 0 saturated heterocycles. The second-order valence-corrected chi connectivity index (χ2v) is 7.16. The number of carbonyl (C=O) groups is 1. The van der Waals surface area contributed by atoms with E-state index in [1.54, 1.807) is 6.07 Å². The van der Waals surface area contributed by atoms with Crippen molar-refractivity contribution in [2.75, 3.05) is 5.32 Å². The summed E-state index contributed by atoms with van der Waals surface area (Å²) < 4.78 is 6.83. The van der Waals surface area contributed by atoms with E-state index in [4.69, 9.17) is 4.42 Å². The Morgan fingerprint density at radius 3 is 2.65 bits per heavy atom. The lowest BCUT2D eigenvalue weighted by atomic mass is 10.1. The number of anilines is 1. The van der Waals surface area contributed by atoms with Crippen LogP contribution in [0.25, 0.3) is 11.1 Å². The molecule has 4 aromatic rings. The predicted molar refractivity (Wildman–Crippen MR) is 110 cm³/mol. The van der Waals surface area contributed by atoms with Gasteiger partial charge in [-0.1, -0.05) is 36.4 Å². The number of benzene rings is 3. The Bertz CT molecular complexity index is 1070. The molecule has 4 rings (SSSR count). The minimum atomic E-state index is -0.143. The van der Waals surface area contributed by atoms with Crippen LogP contribution < -0.4 is 5.32 Å². The van der Waals surface area contributed by atoms with E-state index in [9.17, 15) is 4.79 Å². The molecular formula is C21H15IN2O2. The molecule has 0 aliphatic heterocycles. The minimum absolute atomic E-state index is 0.143. The number of hydrogen-bond acceptors (Lipinski definition) is 3. The van der Waals surface area contributed by atoms with Crippen LogP contribution in [-0.2, 0) is 6.42 Å². The molecule has 0 saturated carbocycles. The second kappa shape index (κ2) is 7.29. The molecule has 5 heteroatoms. The average molecular weight is 454 g/mol. The predicted octanol–water partition coefficient (Wildman–Crippen LogP) is 5.28. The first-order valence-corrected chi connectivity index (χ1v) is 9.25. The lowest BCUT2D eigenvalue weighted by Gasteiger charge is -2.05. The van der Waals surface area contributed by atoms with Gasteiger partial charge in [-0.25, -0.2) is 4.98 Å². The first-order chi connectivity index (χ1) is 12.7. The van der Waals surface area contributed by atoms with Crippen LogP contribution in [0.2, 0.25) is 0 Å². The fraction of sp³-hybridized carbons (Fsp3) is 0.0476. The van der Waals surface area contributed by atoms with E-state index >= 15 is 0 Å². The fourth-order valence-electron chi connectivity index (χ4n) is 2.73. The SMILES string of the molecule is O=C(Nc1ccc2oc(Cc3ccccc3)nc2c1)c1cccc(I)c1. The third-order valence-corrected chi connectivity index (χ3v) is 4.65. The molecule has 0 atom stereocenters. The fourth-order valence-corrected chi connectivity index (χ4v) is 3.28. The monoisotopic (exact) mass is 454 g/mol. The van der Waals surface area contributed by atoms with Gasteiger partial charge in [0.05, 0.1) is 0 Å². The number of carbonyl (C=O) groups excluding carboxylic acids is 1. The van der Waals surface area contributed by atoms with Crippen LogP contribution in [0.1, 0.15) is 21.8 Å². The summed E-state index contributed by atoms with van der Waals surface area (Å²) in [5.74, 6) is 0.517. The molecule has 1 aromatic heterocycles. The zero-order valence-corrected chi connectivity index (χ0v) is 15.9. The number of nitrogens with one attached hydrogen (secondary N) is 1. The molecule has 1 heterocycles. The lowest BCUT2D eigenvalue weighted by Crippen LogP contribution is -2.11. The number of nitrogens with zero attached hydrogens (tertiary/aromatic N) is 1. The van der Waals surface area contributed by atoms with Gasteiger partial charge in [-0.3, -0.25) is 4.79 Å². The summed E-state index contributed by atoms with van der Waals surface area (Å²) in [6, 6.07) is 23.0. The van der Waals surface area contributed by atoms with Crippen molar-refractivity contribution >= 4 is 45.3 Å². The Hall–Kier alpha value is -2.67. The number of halogens is 1. The Kier molecular flexibility index (Phi) is 4.71. The molecule has 0 bridgehead atoms. The highest BCUT2D eigenvalue weighted by molar-refractivity contribution is 14.1. The number of hydrogen-bond donors (Lipinski definition) is 1. The number of rotatable bonds is 4. The maximum atomic E-state index is 12.4. The molecule has 4 nitrogen and oxygen atoms in total. The lowest BCUT2D eigenvalue weighted by molar-refractivity contribution is 0.102. The van der Waals surface area contributed by atoms with Gasteiger partial charge in [0.2, 0.25) is 0 Å². The molecule has 26 heavy (non-hydrogen) atoms. The molecule has 1 amide bonds. The van der Waals surface area contributed by atoms with Crippen LogP contribution in [-0.4, -0.2) is 10.9 Å². The van der Waals surface area contributed by atoms with Gasteiger partial charge in [0, 0.05) is 21.2 Å². The van der Waals surface area contributed by atoms with Gasteiger partial charge < -0.3 is 9.73 Å². The van der Waals surface area contributed by atoms with E-state index in [1.807, 2.05) is 66.7 Å². The molecule has 3 aromatic carbocycles. The van der Waals surface area contributed by atoms with E-state index in [2.05, 4.69) is 32.9 Å². The maximum absolute atomic E-state index is 12.4. The highest BCUT2D eigenvalue weighted by atomic mass is 127. The van der Waals surface area contributed by atoms with Crippen LogP contribution in [0.4, 0.5) is 5.69 Å². The van der Waals surface area contributed by atoms with Gasteiger partial charge in [0.1, 0.15) is 5.52 Å². The van der Waals surface area contributed by atoms with Gasteiger partial charge in [0.25, 0.3) is 5.91 Å². The summed E-state index contributed by atoms with van der Waals surface area (Å²) in [6.07, 6.45) is 0.639. The van der Waals surface area contributed by atoms with Crippen molar-refractivity contribution in [3.8, 4) is 0 Å². The molecule has 0 fully saturated rings. The van der Waals surface area contributed by atoms with Gasteiger partial charge in [-0.05, 0) is 64.6 Å². The average Bonchev–Trinajstić information content (AvgIpc) is 3.04. The van der Waals surface area contributed by atoms with Crippen LogP contribution in [0, 0.1) is 3.57 Å². The van der Waals surface area contributed by atoms with E-state index in [-0.39, 0.29) is 5.91 Å². The third kappa shape index (κ3) is 3.77. The molecule has 0 aliphatic rings. The summed E-state index contributed by atoms with van der Waals surface area (Å²) in [4.78, 5) is 16.9. The van der Waals surface area contributed by atoms with Crippen LogP contribution in [0.3, 0.4) is 0 Å². The topological polar surface area (TPSA) is 55.1 Å². The van der Waals surface area contributed by atoms with Gasteiger partial charge in [-0.15, -0.1) is 0 Å². The summed E-state index contributed by atoms with van der Waals surface area (Å²) in [6.45, 7) is 0. The smallest absolute Gasteiger partial charge is 0.255 e. The van der Waals surface area contributed by atoms with E-state index in [1.165, 1.54) is 0 Å². The Labute approximate surface area is 164 Å². The normalized spacial score (nSPS) is 10.8. The number of fused-ring (bicyclic) bond motifs is 1. The number of aromatic nitrogens is 1. The van der Waals surface area contributed by atoms with Crippen molar-refractivity contribution in [2.24, 2.45) is 0 Å². The zero-order valence-electron chi connectivity index (χ0n) is 13.8. The van der Waals surface area contributed by atoms with E-state index in [0.717, 1.165) is 14.7 Å². The highest BCUT2D eigenvalue weighted by Gasteiger charge is 2.10. The first kappa shape index (κ1) is 16.8. The van der Waals surface area contributed by atoms with E-state index < -0.39 is 0 Å². The van der Waals surface area contributed by atoms with Crippen LogP contribution >= 0.6 is 22.6 Å². The van der Waals surface area contributed by atoms with Crippen molar-refractivity contribution in [3.63, 3.8) is 0 Å². The molecule has 128 valence electrons. The van der Waals surface area contributed by atoms with Crippen molar-refractivity contribution < 1.29 is 9.21 Å². The molecule has 0 spiro atoms. The second-order valence-electron chi connectivity index (χ2n) is 5.92. The summed E-state index contributed by atoms with van der Waals surface area (Å²) in [5.41, 5.74) is 3.91. The minimum Gasteiger partial charge on any atom is -0.440 e. The zero-order chi connectivity index (χ0) is 17.9. The van der Waals surface area contributed by atoms with E-state index in [0.29, 0.717) is 29.1 Å². The van der Waals surface area contributed by atoms with Crippen LogP contribution in [0.5, 0.6) is 0 Å². The molecule has 0 radical (unpaired) electrons. The Morgan fingerprint density at radius 1 is 1.00 bits per heavy atom. The Morgan fingerprint density at radius 2 is 1.85 bits per heavy atom. The third-order valence-electron chi connectivity index (χ3n) is 3.97.